The summed E-state index contributed by atoms with van der Waals surface area (Å²) in [5, 5.41) is 1.11. The Kier molecular flexibility index (Phi) is 4.62. The predicted octanol–water partition coefficient (Wildman–Crippen LogP) is 2.86. The molecule has 1 aliphatic rings. The van der Waals surface area contributed by atoms with Crippen LogP contribution >= 0.6 is 15.9 Å². The van der Waals surface area contributed by atoms with E-state index in [0.29, 0.717) is 0 Å². The van der Waals surface area contributed by atoms with Crippen LogP contribution in [0.2, 0.25) is 0 Å². The summed E-state index contributed by atoms with van der Waals surface area (Å²) in [6.07, 6.45) is 2.91. The average molecular weight is 398 g/mol. The van der Waals surface area contributed by atoms with Gasteiger partial charge in [0.1, 0.15) is 5.82 Å². The largest absolute Gasteiger partial charge is 0.356 e. The van der Waals surface area contributed by atoms with Gasteiger partial charge >= 0.3 is 0 Å². The van der Waals surface area contributed by atoms with Crippen molar-refractivity contribution >= 4 is 42.7 Å². The second-order valence-corrected chi connectivity index (χ2v) is 8.96. The van der Waals surface area contributed by atoms with E-state index in [1.165, 1.54) is 10.6 Å². The Morgan fingerprint density at radius 2 is 1.87 bits per heavy atom. The van der Waals surface area contributed by atoms with Gasteiger partial charge in [0.15, 0.2) is 0 Å². The number of aromatic nitrogens is 1. The molecular weight excluding hydrogens is 378 g/mol. The minimum atomic E-state index is -3.12. The molecule has 1 aromatic carbocycles. The lowest BCUT2D eigenvalue weighted by Crippen LogP contribution is -2.45. The molecule has 0 radical (unpaired) electrons. The van der Waals surface area contributed by atoms with Crippen molar-refractivity contribution in [2.45, 2.75) is 18.9 Å². The highest BCUT2D eigenvalue weighted by molar-refractivity contribution is 9.10. The summed E-state index contributed by atoms with van der Waals surface area (Å²) < 4.78 is 25.8. The van der Waals surface area contributed by atoms with Crippen LogP contribution in [0.15, 0.2) is 34.8 Å². The van der Waals surface area contributed by atoms with Crippen LogP contribution in [0.5, 0.6) is 0 Å². The van der Waals surface area contributed by atoms with E-state index in [1.807, 2.05) is 24.3 Å². The van der Waals surface area contributed by atoms with Crippen molar-refractivity contribution in [3.05, 3.63) is 34.8 Å². The lowest BCUT2D eigenvalue weighted by Gasteiger charge is -2.36. The van der Waals surface area contributed by atoms with Crippen molar-refractivity contribution < 1.29 is 8.42 Å². The summed E-state index contributed by atoms with van der Waals surface area (Å²) in [5.41, 5.74) is 0.965. The van der Waals surface area contributed by atoms with E-state index in [-0.39, 0.29) is 6.04 Å². The molecule has 124 valence electrons. The zero-order valence-electron chi connectivity index (χ0n) is 13.2. The Labute approximate surface area is 145 Å². The molecule has 2 aromatic rings. The van der Waals surface area contributed by atoms with Crippen LogP contribution in [-0.4, -0.2) is 50.1 Å². The summed E-state index contributed by atoms with van der Waals surface area (Å²) in [6, 6.07) is 10.3. The number of fused-ring (bicyclic) bond motifs is 1. The van der Waals surface area contributed by atoms with Crippen molar-refractivity contribution in [2.75, 3.05) is 31.3 Å². The molecule has 0 spiro atoms. The molecule has 0 aliphatic carbocycles. The third kappa shape index (κ3) is 3.67. The number of hydrogen-bond acceptors (Lipinski definition) is 4. The van der Waals surface area contributed by atoms with Crippen molar-refractivity contribution in [2.24, 2.45) is 0 Å². The summed E-state index contributed by atoms with van der Waals surface area (Å²) >= 11 is 3.48. The number of pyridine rings is 1. The standard InChI is InChI=1S/C16H20BrN3O2S/c1-19(23(2,21)22)14-7-9-20(10-8-14)16-6-4-12-3-5-13(17)11-15(12)18-16/h3-6,11,14H,7-10H2,1-2H3. The van der Waals surface area contributed by atoms with Crippen molar-refractivity contribution in [3.63, 3.8) is 0 Å². The Morgan fingerprint density at radius 1 is 1.22 bits per heavy atom. The van der Waals surface area contributed by atoms with E-state index in [0.717, 1.165) is 47.1 Å². The van der Waals surface area contributed by atoms with Crippen LogP contribution in [0, 0.1) is 0 Å². The zero-order chi connectivity index (χ0) is 16.6. The monoisotopic (exact) mass is 397 g/mol. The quantitative estimate of drug-likeness (QED) is 0.798. The first kappa shape index (κ1) is 16.7. The summed E-state index contributed by atoms with van der Waals surface area (Å²) in [6.45, 7) is 1.63. The van der Waals surface area contributed by atoms with Gasteiger partial charge in [-0.3, -0.25) is 0 Å². The van der Waals surface area contributed by atoms with E-state index in [4.69, 9.17) is 4.98 Å². The van der Waals surface area contributed by atoms with Gasteiger partial charge in [-0.2, -0.15) is 0 Å². The van der Waals surface area contributed by atoms with Crippen molar-refractivity contribution in [1.82, 2.24) is 9.29 Å². The maximum absolute atomic E-state index is 11.7. The fraction of sp³-hybridized carbons (Fsp3) is 0.438. The first-order chi connectivity index (χ1) is 10.8. The number of halogens is 1. The van der Waals surface area contributed by atoms with Crippen LogP contribution in [0.25, 0.3) is 10.9 Å². The number of benzene rings is 1. The van der Waals surface area contributed by atoms with Crippen LogP contribution in [0.4, 0.5) is 5.82 Å². The molecule has 3 rings (SSSR count). The molecule has 1 aromatic heterocycles. The Morgan fingerprint density at radius 3 is 2.52 bits per heavy atom. The number of hydrogen-bond donors (Lipinski definition) is 0. The molecule has 1 aliphatic heterocycles. The second-order valence-electron chi connectivity index (χ2n) is 6.00. The molecule has 7 heteroatoms. The molecule has 0 N–H and O–H groups in total. The summed E-state index contributed by atoms with van der Waals surface area (Å²) in [5.74, 6) is 0.955. The zero-order valence-corrected chi connectivity index (χ0v) is 15.6. The highest BCUT2D eigenvalue weighted by Crippen LogP contribution is 2.25. The molecule has 0 bridgehead atoms. The molecule has 2 heterocycles. The maximum atomic E-state index is 11.7. The van der Waals surface area contributed by atoms with Crippen molar-refractivity contribution in [3.8, 4) is 0 Å². The van der Waals surface area contributed by atoms with Gasteiger partial charge in [0.05, 0.1) is 11.8 Å². The number of rotatable bonds is 3. The minimum absolute atomic E-state index is 0.0795. The van der Waals surface area contributed by atoms with Gasteiger partial charge < -0.3 is 4.90 Å². The third-order valence-electron chi connectivity index (χ3n) is 4.47. The first-order valence-corrected chi connectivity index (χ1v) is 10.2. The molecule has 1 saturated heterocycles. The highest BCUT2D eigenvalue weighted by atomic mass is 79.9. The molecule has 0 atom stereocenters. The first-order valence-electron chi connectivity index (χ1n) is 7.59. The van der Waals surface area contributed by atoms with Crippen LogP contribution in [0.1, 0.15) is 12.8 Å². The van der Waals surface area contributed by atoms with Crippen LogP contribution < -0.4 is 4.90 Å². The Balaban J connectivity index is 1.75. The normalized spacial score (nSPS) is 17.1. The Bertz CT molecular complexity index is 817. The van der Waals surface area contributed by atoms with E-state index in [1.54, 1.807) is 7.05 Å². The number of nitrogens with zero attached hydrogens (tertiary/aromatic N) is 3. The highest BCUT2D eigenvalue weighted by Gasteiger charge is 2.27. The molecule has 0 unspecified atom stereocenters. The molecule has 5 nitrogen and oxygen atoms in total. The van der Waals surface area contributed by atoms with Gasteiger partial charge in [-0.05, 0) is 37.1 Å². The summed E-state index contributed by atoms with van der Waals surface area (Å²) in [7, 11) is -1.46. The van der Waals surface area contributed by atoms with Gasteiger partial charge in [0.25, 0.3) is 0 Å². The van der Waals surface area contributed by atoms with E-state index >= 15 is 0 Å². The molecule has 0 saturated carbocycles. The molecule has 1 fully saturated rings. The summed E-state index contributed by atoms with van der Waals surface area (Å²) in [4.78, 5) is 6.97. The fourth-order valence-corrected chi connectivity index (χ4v) is 4.09. The lowest BCUT2D eigenvalue weighted by atomic mass is 10.1. The Hall–Kier alpha value is -1.18. The van der Waals surface area contributed by atoms with Gasteiger partial charge in [0, 0.05) is 36.0 Å². The van der Waals surface area contributed by atoms with Crippen molar-refractivity contribution in [1.29, 1.82) is 0 Å². The fourth-order valence-electron chi connectivity index (χ4n) is 2.99. The van der Waals surface area contributed by atoms with Crippen LogP contribution in [-0.2, 0) is 10.0 Å². The van der Waals surface area contributed by atoms with Gasteiger partial charge in [-0.15, -0.1) is 0 Å². The number of piperidine rings is 1. The number of sulfonamides is 1. The second kappa shape index (κ2) is 6.37. The maximum Gasteiger partial charge on any atom is 0.211 e. The lowest BCUT2D eigenvalue weighted by molar-refractivity contribution is 0.313. The van der Waals surface area contributed by atoms with E-state index in [2.05, 4.69) is 26.9 Å². The van der Waals surface area contributed by atoms with Gasteiger partial charge in [0.2, 0.25) is 10.0 Å². The predicted molar refractivity (Wildman–Crippen MR) is 97.3 cm³/mol. The van der Waals surface area contributed by atoms with Gasteiger partial charge in [-0.1, -0.05) is 22.0 Å². The van der Waals surface area contributed by atoms with Gasteiger partial charge in [-0.25, -0.2) is 17.7 Å². The molecule has 0 amide bonds. The third-order valence-corrected chi connectivity index (χ3v) is 6.30. The van der Waals surface area contributed by atoms with Crippen LogP contribution in [0.3, 0.4) is 0 Å². The SMILES string of the molecule is CN(C1CCN(c2ccc3ccc(Br)cc3n2)CC1)S(C)(=O)=O. The average Bonchev–Trinajstić information content (AvgIpc) is 2.52. The molecular formula is C16H20BrN3O2S. The molecule has 23 heavy (non-hydrogen) atoms. The number of anilines is 1. The topological polar surface area (TPSA) is 53.5 Å². The van der Waals surface area contributed by atoms with E-state index < -0.39 is 10.0 Å². The minimum Gasteiger partial charge on any atom is -0.356 e. The smallest absolute Gasteiger partial charge is 0.211 e. The van der Waals surface area contributed by atoms with E-state index in [9.17, 15) is 8.42 Å².